The maximum Gasteiger partial charge on any atom is 0.208 e. The number of benzene rings is 1. The lowest BCUT2D eigenvalue weighted by molar-refractivity contribution is 0.411. The van der Waals surface area contributed by atoms with Gasteiger partial charge in [0.25, 0.3) is 0 Å². The van der Waals surface area contributed by atoms with E-state index in [1.54, 1.807) is 13.3 Å². The fraction of sp³-hybridized carbons (Fsp3) is 0.308. The number of aryl methyl sites for hydroxylation is 1. The lowest BCUT2D eigenvalue weighted by Crippen LogP contribution is -2.12. The lowest BCUT2D eigenvalue weighted by atomic mass is 10.2. The maximum absolute atomic E-state index is 5.38. The Labute approximate surface area is 114 Å². The van der Waals surface area contributed by atoms with E-state index < -0.39 is 0 Å². The number of nitrogens with zero attached hydrogens (tertiary/aromatic N) is 1. The van der Waals surface area contributed by atoms with Crippen LogP contribution in [0.2, 0.25) is 0 Å². The zero-order valence-electron chi connectivity index (χ0n) is 10.4. The second kappa shape index (κ2) is 6.02. The second-order valence-electron chi connectivity index (χ2n) is 3.94. The number of rotatable bonds is 5. The van der Waals surface area contributed by atoms with Crippen molar-refractivity contribution in [2.45, 2.75) is 20.0 Å². The van der Waals surface area contributed by atoms with Crippen LogP contribution in [0.3, 0.4) is 0 Å². The first-order chi connectivity index (χ1) is 8.69. The molecule has 0 aliphatic carbocycles. The first-order valence-corrected chi connectivity index (χ1v) is 6.43. The molecule has 18 heavy (non-hydrogen) atoms. The minimum atomic E-state index is 0.623. The third-order valence-corrected chi connectivity index (χ3v) is 3.11. The summed E-state index contributed by atoms with van der Waals surface area (Å²) in [6, 6.07) is 6.00. The summed E-state index contributed by atoms with van der Waals surface area (Å²) in [4.78, 5) is 4.13. The molecular weight excluding hydrogens is 296 g/mol. The van der Waals surface area contributed by atoms with Gasteiger partial charge in [0.1, 0.15) is 11.5 Å². The number of nitrogens with one attached hydrogen (secondary N) is 1. The summed E-state index contributed by atoms with van der Waals surface area (Å²) < 4.78 is 11.5. The topological polar surface area (TPSA) is 47.3 Å². The van der Waals surface area contributed by atoms with Crippen LogP contribution in [0.15, 0.2) is 33.3 Å². The van der Waals surface area contributed by atoms with Gasteiger partial charge in [-0.25, -0.2) is 4.98 Å². The Morgan fingerprint density at radius 3 is 2.83 bits per heavy atom. The molecule has 1 heterocycles. The quantitative estimate of drug-likeness (QED) is 0.922. The van der Waals surface area contributed by atoms with Gasteiger partial charge in [-0.3, -0.25) is 0 Å². The van der Waals surface area contributed by atoms with Gasteiger partial charge in [0.2, 0.25) is 5.89 Å². The van der Waals surface area contributed by atoms with Gasteiger partial charge in [0, 0.05) is 6.54 Å². The fourth-order valence-corrected chi connectivity index (χ4v) is 2.20. The SMILES string of the molecule is COc1ccc(CNCc2ncc(C)o2)cc1Br. The predicted molar refractivity (Wildman–Crippen MR) is 72.5 cm³/mol. The number of oxazole rings is 1. The number of methoxy groups -OCH3 is 1. The lowest BCUT2D eigenvalue weighted by Gasteiger charge is -2.06. The molecular formula is C13H15BrN2O2. The molecule has 96 valence electrons. The molecule has 5 heteroatoms. The van der Waals surface area contributed by atoms with Crippen molar-refractivity contribution in [2.24, 2.45) is 0 Å². The molecule has 2 rings (SSSR count). The maximum atomic E-state index is 5.38. The van der Waals surface area contributed by atoms with Crippen LogP contribution in [0.5, 0.6) is 5.75 Å². The minimum Gasteiger partial charge on any atom is -0.496 e. The number of hydrogen-bond acceptors (Lipinski definition) is 4. The monoisotopic (exact) mass is 310 g/mol. The van der Waals surface area contributed by atoms with Crippen molar-refractivity contribution in [1.82, 2.24) is 10.3 Å². The van der Waals surface area contributed by atoms with Gasteiger partial charge in [-0.05, 0) is 40.5 Å². The highest BCUT2D eigenvalue weighted by molar-refractivity contribution is 9.10. The molecule has 0 atom stereocenters. The van der Waals surface area contributed by atoms with E-state index in [1.807, 2.05) is 25.1 Å². The molecule has 0 aliphatic heterocycles. The van der Waals surface area contributed by atoms with Crippen molar-refractivity contribution in [3.8, 4) is 5.75 Å². The average Bonchev–Trinajstić information content (AvgIpc) is 2.75. The molecule has 0 unspecified atom stereocenters. The van der Waals surface area contributed by atoms with Crippen LogP contribution in [0.4, 0.5) is 0 Å². The number of aromatic nitrogens is 1. The Morgan fingerprint density at radius 2 is 2.22 bits per heavy atom. The average molecular weight is 311 g/mol. The van der Waals surface area contributed by atoms with E-state index in [-0.39, 0.29) is 0 Å². The van der Waals surface area contributed by atoms with Gasteiger partial charge in [-0.15, -0.1) is 0 Å². The molecule has 1 aromatic carbocycles. The highest BCUT2D eigenvalue weighted by atomic mass is 79.9. The highest BCUT2D eigenvalue weighted by Crippen LogP contribution is 2.25. The van der Waals surface area contributed by atoms with Gasteiger partial charge in [0.15, 0.2) is 0 Å². The van der Waals surface area contributed by atoms with Crippen molar-refractivity contribution in [3.05, 3.63) is 46.1 Å². The summed E-state index contributed by atoms with van der Waals surface area (Å²) >= 11 is 3.46. The molecule has 1 N–H and O–H groups in total. The van der Waals surface area contributed by atoms with E-state index in [0.717, 1.165) is 22.5 Å². The van der Waals surface area contributed by atoms with Crippen LogP contribution < -0.4 is 10.1 Å². The molecule has 0 amide bonds. The van der Waals surface area contributed by atoms with Crippen LogP contribution in [0.25, 0.3) is 0 Å². The molecule has 4 nitrogen and oxygen atoms in total. The van der Waals surface area contributed by atoms with E-state index >= 15 is 0 Å². The molecule has 0 bridgehead atoms. The second-order valence-corrected chi connectivity index (χ2v) is 4.79. The van der Waals surface area contributed by atoms with Crippen molar-refractivity contribution in [2.75, 3.05) is 7.11 Å². The smallest absolute Gasteiger partial charge is 0.208 e. The van der Waals surface area contributed by atoms with Crippen molar-refractivity contribution in [3.63, 3.8) is 0 Å². The molecule has 0 saturated heterocycles. The van der Waals surface area contributed by atoms with Gasteiger partial charge in [-0.1, -0.05) is 6.07 Å². The Morgan fingerprint density at radius 1 is 1.39 bits per heavy atom. The molecule has 0 radical (unpaired) electrons. The number of halogens is 1. The van der Waals surface area contributed by atoms with Crippen LogP contribution in [0.1, 0.15) is 17.2 Å². The summed E-state index contributed by atoms with van der Waals surface area (Å²) in [5.74, 6) is 2.38. The number of hydrogen-bond donors (Lipinski definition) is 1. The standard InChI is InChI=1S/C13H15BrN2O2/c1-9-6-16-13(18-9)8-15-7-10-3-4-12(17-2)11(14)5-10/h3-6,15H,7-8H2,1-2H3. The van der Waals surface area contributed by atoms with E-state index in [2.05, 4.69) is 26.2 Å². The Balaban J connectivity index is 1.88. The van der Waals surface area contributed by atoms with Crippen LogP contribution in [0, 0.1) is 6.92 Å². The molecule has 0 aliphatic rings. The normalized spacial score (nSPS) is 10.6. The van der Waals surface area contributed by atoms with E-state index in [1.165, 1.54) is 5.56 Å². The fourth-order valence-electron chi connectivity index (χ4n) is 1.62. The first kappa shape index (κ1) is 13.1. The zero-order valence-corrected chi connectivity index (χ0v) is 12.0. The van der Waals surface area contributed by atoms with Gasteiger partial charge >= 0.3 is 0 Å². The summed E-state index contributed by atoms with van der Waals surface area (Å²) in [6.07, 6.45) is 1.72. The van der Waals surface area contributed by atoms with Crippen molar-refractivity contribution >= 4 is 15.9 Å². The Bertz CT molecular complexity index is 525. The third-order valence-electron chi connectivity index (χ3n) is 2.49. The van der Waals surface area contributed by atoms with Crippen LogP contribution >= 0.6 is 15.9 Å². The molecule has 0 spiro atoms. The van der Waals surface area contributed by atoms with Crippen molar-refractivity contribution < 1.29 is 9.15 Å². The Hall–Kier alpha value is -1.33. The van der Waals surface area contributed by atoms with Crippen LogP contribution in [-0.4, -0.2) is 12.1 Å². The molecule has 2 aromatic rings. The summed E-state index contributed by atoms with van der Waals surface area (Å²) in [5.41, 5.74) is 1.17. The van der Waals surface area contributed by atoms with Gasteiger partial charge < -0.3 is 14.5 Å². The van der Waals surface area contributed by atoms with E-state index in [4.69, 9.17) is 9.15 Å². The Kier molecular flexibility index (Phi) is 4.38. The van der Waals surface area contributed by atoms with Crippen molar-refractivity contribution in [1.29, 1.82) is 0 Å². The van der Waals surface area contributed by atoms with Crippen LogP contribution in [-0.2, 0) is 13.1 Å². The number of ether oxygens (including phenoxy) is 1. The van der Waals surface area contributed by atoms with E-state index in [9.17, 15) is 0 Å². The summed E-state index contributed by atoms with van der Waals surface area (Å²) in [6.45, 7) is 3.26. The summed E-state index contributed by atoms with van der Waals surface area (Å²) in [7, 11) is 1.66. The van der Waals surface area contributed by atoms with E-state index in [0.29, 0.717) is 12.4 Å². The first-order valence-electron chi connectivity index (χ1n) is 5.63. The molecule has 0 saturated carbocycles. The highest BCUT2D eigenvalue weighted by Gasteiger charge is 2.03. The van der Waals surface area contributed by atoms with Gasteiger partial charge in [-0.2, -0.15) is 0 Å². The summed E-state index contributed by atoms with van der Waals surface area (Å²) in [5, 5.41) is 3.28. The minimum absolute atomic E-state index is 0.623. The molecule has 0 fully saturated rings. The zero-order chi connectivity index (χ0) is 13.0. The van der Waals surface area contributed by atoms with Gasteiger partial charge in [0.05, 0.1) is 24.3 Å². The third kappa shape index (κ3) is 3.34. The largest absolute Gasteiger partial charge is 0.496 e. The molecule has 1 aromatic heterocycles. The predicted octanol–water partition coefficient (Wildman–Crippen LogP) is 3.04.